The van der Waals surface area contributed by atoms with Crippen LogP contribution in [0.25, 0.3) is 65.7 Å². The number of rotatable bonds is 3. The first kappa shape index (κ1) is 30.5. The predicted octanol–water partition coefficient (Wildman–Crippen LogP) is 14.7. The quantitative estimate of drug-likeness (QED) is 0.170. The zero-order valence-electron chi connectivity index (χ0n) is 29.6. The van der Waals surface area contributed by atoms with Crippen molar-refractivity contribution in [3.63, 3.8) is 0 Å². The van der Waals surface area contributed by atoms with E-state index in [-0.39, 0.29) is 5.41 Å². The molecule has 0 unspecified atom stereocenters. The van der Waals surface area contributed by atoms with E-state index >= 15 is 0 Å². The Morgan fingerprint density at radius 3 is 1.81 bits per heavy atom. The molecule has 2 heteroatoms. The van der Waals surface area contributed by atoms with Crippen LogP contribution in [0.2, 0.25) is 0 Å². The Bertz CT molecular complexity index is 2930. The summed E-state index contributed by atoms with van der Waals surface area (Å²) >= 11 is 1.86. The summed E-state index contributed by atoms with van der Waals surface area (Å²) < 4.78 is 0. The second kappa shape index (κ2) is 11.5. The van der Waals surface area contributed by atoms with Crippen molar-refractivity contribution in [3.8, 4) is 33.4 Å². The summed E-state index contributed by atoms with van der Waals surface area (Å²) in [5, 5.41) is 7.51. The molecule has 0 N–H and O–H groups in total. The number of hydrogen-bond donors (Lipinski definition) is 0. The monoisotopic (exact) mass is 693 g/mol. The van der Waals surface area contributed by atoms with E-state index in [1.165, 1.54) is 104 Å². The standard InChI is InChI=1S/C51H35NS/c1-51(2)43-18-8-7-15-37(43)38-27-26-36(31-44(38)51)49-39-16-5-6-17-40(39)50(52-45-19-9-11-21-47(45)53-48-22-12-10-20-46(48)52)41-28-25-35(30-42(41)49)34-24-23-32-13-3-4-14-33(32)29-34/h3-31H,1-2H3. The fourth-order valence-corrected chi connectivity index (χ4v) is 10.1. The molecule has 0 saturated heterocycles. The van der Waals surface area contributed by atoms with E-state index in [2.05, 4.69) is 195 Å². The summed E-state index contributed by atoms with van der Waals surface area (Å²) in [4.78, 5) is 5.05. The highest BCUT2D eigenvalue weighted by Gasteiger charge is 2.36. The molecule has 9 aromatic carbocycles. The van der Waals surface area contributed by atoms with Gasteiger partial charge in [0.15, 0.2) is 0 Å². The van der Waals surface area contributed by atoms with Gasteiger partial charge in [-0.15, -0.1) is 0 Å². The summed E-state index contributed by atoms with van der Waals surface area (Å²) in [6, 6.07) is 65.6. The molecule has 0 aromatic heterocycles. The summed E-state index contributed by atoms with van der Waals surface area (Å²) in [5.74, 6) is 0. The Balaban J connectivity index is 1.24. The lowest BCUT2D eigenvalue weighted by Crippen LogP contribution is -2.16. The van der Waals surface area contributed by atoms with E-state index in [0.717, 1.165) is 0 Å². The summed E-state index contributed by atoms with van der Waals surface area (Å²) in [6.07, 6.45) is 0. The Labute approximate surface area is 314 Å². The second-order valence-corrected chi connectivity index (χ2v) is 16.0. The van der Waals surface area contributed by atoms with Crippen LogP contribution < -0.4 is 4.90 Å². The van der Waals surface area contributed by atoms with Gasteiger partial charge in [-0.1, -0.05) is 159 Å². The highest BCUT2D eigenvalue weighted by molar-refractivity contribution is 7.99. The minimum Gasteiger partial charge on any atom is -0.307 e. The minimum atomic E-state index is -0.0946. The zero-order valence-corrected chi connectivity index (χ0v) is 30.4. The molecular weight excluding hydrogens is 659 g/mol. The molecule has 2 aliphatic rings. The minimum absolute atomic E-state index is 0.0946. The molecule has 0 spiro atoms. The van der Waals surface area contributed by atoms with E-state index in [1.807, 2.05) is 11.8 Å². The van der Waals surface area contributed by atoms with E-state index in [0.29, 0.717) is 0 Å². The molecule has 53 heavy (non-hydrogen) atoms. The lowest BCUT2D eigenvalue weighted by molar-refractivity contribution is 0.660. The number of benzene rings is 9. The molecule has 0 radical (unpaired) electrons. The number of nitrogens with zero attached hydrogens (tertiary/aromatic N) is 1. The van der Waals surface area contributed by atoms with Crippen molar-refractivity contribution in [2.75, 3.05) is 4.90 Å². The van der Waals surface area contributed by atoms with Crippen LogP contribution in [0.4, 0.5) is 17.1 Å². The fourth-order valence-electron chi connectivity index (χ4n) is 9.06. The normalized spacial score (nSPS) is 13.9. The van der Waals surface area contributed by atoms with Crippen LogP contribution in [0.3, 0.4) is 0 Å². The average Bonchev–Trinajstić information content (AvgIpc) is 3.44. The van der Waals surface area contributed by atoms with Crippen molar-refractivity contribution in [2.45, 2.75) is 29.1 Å². The first-order chi connectivity index (χ1) is 26.0. The Morgan fingerprint density at radius 1 is 0.415 bits per heavy atom. The van der Waals surface area contributed by atoms with Crippen LogP contribution in [-0.2, 0) is 5.41 Å². The van der Waals surface area contributed by atoms with Crippen LogP contribution in [0.5, 0.6) is 0 Å². The van der Waals surface area contributed by atoms with Crippen LogP contribution in [0.1, 0.15) is 25.0 Å². The third-order valence-electron chi connectivity index (χ3n) is 11.6. The summed E-state index contributed by atoms with van der Waals surface area (Å²) in [6.45, 7) is 4.75. The molecule has 0 atom stereocenters. The van der Waals surface area contributed by atoms with Crippen LogP contribution in [0.15, 0.2) is 186 Å². The predicted molar refractivity (Wildman–Crippen MR) is 226 cm³/mol. The van der Waals surface area contributed by atoms with E-state index in [9.17, 15) is 0 Å². The molecule has 1 heterocycles. The molecule has 1 nitrogen and oxygen atoms in total. The van der Waals surface area contributed by atoms with Crippen molar-refractivity contribution in [1.82, 2.24) is 0 Å². The van der Waals surface area contributed by atoms with Crippen molar-refractivity contribution in [3.05, 3.63) is 187 Å². The van der Waals surface area contributed by atoms with Gasteiger partial charge in [-0.05, 0) is 109 Å². The maximum atomic E-state index is 2.52. The van der Waals surface area contributed by atoms with Gasteiger partial charge in [-0.2, -0.15) is 0 Å². The number of fused-ring (bicyclic) bond motifs is 8. The average molecular weight is 694 g/mol. The van der Waals surface area contributed by atoms with E-state index < -0.39 is 0 Å². The molecule has 0 amide bonds. The van der Waals surface area contributed by atoms with Crippen LogP contribution in [0, 0.1) is 0 Å². The van der Waals surface area contributed by atoms with Gasteiger partial charge >= 0.3 is 0 Å². The molecule has 9 aromatic rings. The van der Waals surface area contributed by atoms with Gasteiger partial charge in [0.2, 0.25) is 0 Å². The Morgan fingerprint density at radius 2 is 1.00 bits per heavy atom. The topological polar surface area (TPSA) is 3.24 Å². The van der Waals surface area contributed by atoms with Gasteiger partial charge in [-0.25, -0.2) is 0 Å². The van der Waals surface area contributed by atoms with Gasteiger partial charge in [-0.3, -0.25) is 0 Å². The highest BCUT2D eigenvalue weighted by Crippen LogP contribution is 2.56. The maximum absolute atomic E-state index is 2.52. The van der Waals surface area contributed by atoms with Crippen LogP contribution >= 0.6 is 11.8 Å². The first-order valence-electron chi connectivity index (χ1n) is 18.4. The molecule has 1 aliphatic heterocycles. The molecule has 0 bridgehead atoms. The molecule has 1 aliphatic carbocycles. The van der Waals surface area contributed by atoms with Crippen molar-refractivity contribution in [2.24, 2.45) is 0 Å². The third-order valence-corrected chi connectivity index (χ3v) is 12.7. The molecular formula is C51H35NS. The fraction of sp³-hybridized carbons (Fsp3) is 0.0588. The third kappa shape index (κ3) is 4.52. The lowest BCUT2D eigenvalue weighted by atomic mass is 9.80. The van der Waals surface area contributed by atoms with Gasteiger partial charge < -0.3 is 4.90 Å². The van der Waals surface area contributed by atoms with Gasteiger partial charge in [0, 0.05) is 26.0 Å². The van der Waals surface area contributed by atoms with Crippen molar-refractivity contribution < 1.29 is 0 Å². The molecule has 250 valence electrons. The number of hydrogen-bond acceptors (Lipinski definition) is 2. The van der Waals surface area contributed by atoms with Gasteiger partial charge in [0.05, 0.1) is 17.1 Å². The number of anilines is 3. The molecule has 11 rings (SSSR count). The summed E-state index contributed by atoms with van der Waals surface area (Å²) in [5.41, 5.74) is 14.0. The Hall–Kier alpha value is -6.09. The summed E-state index contributed by atoms with van der Waals surface area (Å²) in [7, 11) is 0. The SMILES string of the molecule is CC1(C)c2ccccc2-c2ccc(-c3c4ccccc4c(N4c5ccccc5Sc5ccccc54)c4ccc(-c5ccc6ccccc6c5)cc34)cc21. The van der Waals surface area contributed by atoms with Gasteiger partial charge in [0.1, 0.15) is 0 Å². The zero-order chi connectivity index (χ0) is 35.3. The van der Waals surface area contributed by atoms with Crippen LogP contribution in [-0.4, -0.2) is 0 Å². The Kier molecular flexibility index (Phi) is 6.60. The van der Waals surface area contributed by atoms with Crippen molar-refractivity contribution in [1.29, 1.82) is 0 Å². The molecule has 0 fully saturated rings. The lowest BCUT2D eigenvalue weighted by Gasteiger charge is -2.35. The first-order valence-corrected chi connectivity index (χ1v) is 19.2. The van der Waals surface area contributed by atoms with E-state index in [4.69, 9.17) is 0 Å². The van der Waals surface area contributed by atoms with Gasteiger partial charge in [0.25, 0.3) is 0 Å². The highest BCUT2D eigenvalue weighted by atomic mass is 32.2. The maximum Gasteiger partial charge on any atom is 0.0619 e. The largest absolute Gasteiger partial charge is 0.307 e. The van der Waals surface area contributed by atoms with Crippen molar-refractivity contribution >= 4 is 61.1 Å². The second-order valence-electron chi connectivity index (χ2n) is 14.9. The van der Waals surface area contributed by atoms with E-state index in [1.54, 1.807) is 0 Å². The number of para-hydroxylation sites is 2. The smallest absolute Gasteiger partial charge is 0.0619 e. The molecule has 0 saturated carbocycles.